The van der Waals surface area contributed by atoms with Crippen LogP contribution in [0.25, 0.3) is 55.3 Å². The molecule has 0 aromatic heterocycles. The second-order valence-electron chi connectivity index (χ2n) is 10.2. The minimum atomic E-state index is -0.324. The number of hydrogen-bond donors (Lipinski definition) is 0. The smallest absolute Gasteiger partial charge is 0.0725 e. The third kappa shape index (κ3) is 1.99. The summed E-state index contributed by atoms with van der Waals surface area (Å²) in [5, 5.41) is 3.46. The van der Waals surface area contributed by atoms with Crippen LogP contribution in [0.5, 0.6) is 0 Å². The molecule has 166 valence electrons. The van der Waals surface area contributed by atoms with Gasteiger partial charge in [-0.15, -0.1) is 0 Å². The number of rotatable bonds is 0. The third-order valence-electron chi connectivity index (χ3n) is 8.68. The largest absolute Gasteiger partial charge is 0.0843 e. The van der Waals surface area contributed by atoms with Crippen LogP contribution in [0.3, 0.4) is 0 Å². The molecule has 0 amide bonds. The van der Waals surface area contributed by atoms with Gasteiger partial charge in [-0.05, 0) is 95.7 Å². The first-order valence-corrected chi connectivity index (χ1v) is 12.9. The van der Waals surface area contributed by atoms with Crippen LogP contribution in [0, 0.1) is 0 Å². The molecule has 1 spiro atoms. The van der Waals surface area contributed by atoms with Crippen LogP contribution in [-0.2, 0) is 5.41 Å². The monoisotopic (exact) mass is 474 g/mol. The molecule has 0 saturated heterocycles. The summed E-state index contributed by atoms with van der Waals surface area (Å²) in [6.45, 7) is 0. The molecule has 36 heavy (non-hydrogen) atoms. The minimum Gasteiger partial charge on any atom is -0.0843 e. The Hall–Kier alpha value is -4.13. The van der Waals surface area contributed by atoms with Gasteiger partial charge in [0.2, 0.25) is 0 Å². The van der Waals surface area contributed by atoms with Crippen LogP contribution in [0.1, 0.15) is 22.3 Å². The topological polar surface area (TPSA) is 0 Å². The molecule has 3 aliphatic rings. The van der Waals surface area contributed by atoms with E-state index < -0.39 is 0 Å². The average molecular weight is 475 g/mol. The van der Waals surface area contributed by atoms with Crippen LogP contribution in [0.4, 0.5) is 0 Å². The van der Waals surface area contributed by atoms with Crippen LogP contribution >= 0.6 is 11.6 Å². The summed E-state index contributed by atoms with van der Waals surface area (Å²) < 4.78 is 0. The molecule has 6 aromatic rings. The number of benzene rings is 6. The second-order valence-corrected chi connectivity index (χ2v) is 10.6. The van der Waals surface area contributed by atoms with E-state index in [9.17, 15) is 0 Å². The van der Waals surface area contributed by atoms with E-state index in [1.54, 1.807) is 0 Å². The Morgan fingerprint density at radius 3 is 1.75 bits per heavy atom. The fraction of sp³-hybridized carbons (Fsp3) is 0.0286. The van der Waals surface area contributed by atoms with Gasteiger partial charge in [0.15, 0.2) is 0 Å². The Morgan fingerprint density at radius 2 is 1.03 bits per heavy atom. The van der Waals surface area contributed by atoms with Crippen molar-refractivity contribution in [1.29, 1.82) is 0 Å². The highest BCUT2D eigenvalue weighted by molar-refractivity contribution is 6.31. The van der Waals surface area contributed by atoms with Crippen molar-refractivity contribution in [2.75, 3.05) is 0 Å². The molecule has 0 aliphatic heterocycles. The zero-order chi connectivity index (χ0) is 23.6. The fourth-order valence-corrected chi connectivity index (χ4v) is 7.64. The van der Waals surface area contributed by atoms with Gasteiger partial charge in [0.1, 0.15) is 0 Å². The lowest BCUT2D eigenvalue weighted by atomic mass is 9.70. The summed E-state index contributed by atoms with van der Waals surface area (Å²) in [7, 11) is 0. The maximum absolute atomic E-state index is 6.48. The van der Waals surface area contributed by atoms with Crippen LogP contribution < -0.4 is 0 Å². The van der Waals surface area contributed by atoms with Gasteiger partial charge < -0.3 is 0 Å². The van der Waals surface area contributed by atoms with Gasteiger partial charge in [-0.25, -0.2) is 0 Å². The number of hydrogen-bond acceptors (Lipinski definition) is 0. The quantitative estimate of drug-likeness (QED) is 0.205. The highest BCUT2D eigenvalue weighted by Gasteiger charge is 2.52. The SMILES string of the molecule is Clc1ccc2c(c1)-c1cccc3c4c(cc-2c13)C1(c2ccccc2-c2ccccc21)c1ccccc1-4. The van der Waals surface area contributed by atoms with Crippen molar-refractivity contribution in [2.45, 2.75) is 5.41 Å². The molecule has 0 radical (unpaired) electrons. The molecule has 0 bridgehead atoms. The van der Waals surface area contributed by atoms with Gasteiger partial charge in [0.05, 0.1) is 5.41 Å². The second kappa shape index (κ2) is 6.35. The molecule has 6 aromatic carbocycles. The van der Waals surface area contributed by atoms with Crippen LogP contribution in [0.2, 0.25) is 5.02 Å². The zero-order valence-corrected chi connectivity index (χ0v) is 20.1. The first kappa shape index (κ1) is 19.1. The lowest BCUT2D eigenvalue weighted by Gasteiger charge is -2.30. The molecule has 0 heterocycles. The molecule has 0 atom stereocenters. The van der Waals surface area contributed by atoms with E-state index in [1.165, 1.54) is 77.5 Å². The lowest BCUT2D eigenvalue weighted by Crippen LogP contribution is -2.25. The highest BCUT2D eigenvalue weighted by Crippen LogP contribution is 2.65. The van der Waals surface area contributed by atoms with E-state index in [0.29, 0.717) is 0 Å². The summed E-state index contributed by atoms with van der Waals surface area (Å²) in [5.74, 6) is 0. The average Bonchev–Trinajstić information content (AvgIpc) is 3.52. The van der Waals surface area contributed by atoms with E-state index in [1.807, 2.05) is 6.07 Å². The van der Waals surface area contributed by atoms with Gasteiger partial charge in [-0.1, -0.05) is 109 Å². The fourth-order valence-electron chi connectivity index (χ4n) is 7.47. The summed E-state index contributed by atoms with van der Waals surface area (Å²) >= 11 is 6.48. The molecule has 0 fully saturated rings. The maximum atomic E-state index is 6.48. The summed E-state index contributed by atoms with van der Waals surface area (Å²) in [6, 6.07) is 42.7. The molecule has 3 aliphatic carbocycles. The standard InChI is InChI=1S/C35H19Cl/c36-20-16-17-21-27(18-20)24-11-7-12-26-33(24)28(21)19-32-34(26)25-10-3-6-15-31(25)35(32)29-13-4-1-8-22(29)23-9-2-5-14-30(23)35/h1-19H. The van der Waals surface area contributed by atoms with Crippen molar-refractivity contribution in [3.8, 4) is 44.5 Å². The molecule has 0 nitrogen and oxygen atoms in total. The Kier molecular flexibility index (Phi) is 3.37. The van der Waals surface area contributed by atoms with E-state index in [-0.39, 0.29) is 5.41 Å². The van der Waals surface area contributed by atoms with Crippen molar-refractivity contribution in [3.05, 3.63) is 143 Å². The van der Waals surface area contributed by atoms with Crippen LogP contribution in [-0.4, -0.2) is 0 Å². The van der Waals surface area contributed by atoms with E-state index >= 15 is 0 Å². The molecule has 0 N–H and O–H groups in total. The molecule has 0 saturated carbocycles. The number of fused-ring (bicyclic) bond motifs is 14. The van der Waals surface area contributed by atoms with Crippen molar-refractivity contribution in [2.24, 2.45) is 0 Å². The maximum Gasteiger partial charge on any atom is 0.0725 e. The Balaban J connectivity index is 1.53. The summed E-state index contributed by atoms with van der Waals surface area (Å²) in [4.78, 5) is 0. The first-order valence-electron chi connectivity index (χ1n) is 12.5. The van der Waals surface area contributed by atoms with E-state index in [0.717, 1.165) is 5.02 Å². The van der Waals surface area contributed by atoms with Gasteiger partial charge in [-0.3, -0.25) is 0 Å². The predicted octanol–water partition coefficient (Wildman–Crippen LogP) is 9.48. The Bertz CT molecular complexity index is 1910. The number of halogens is 1. The third-order valence-corrected chi connectivity index (χ3v) is 8.91. The highest BCUT2D eigenvalue weighted by atomic mass is 35.5. The minimum absolute atomic E-state index is 0.324. The van der Waals surface area contributed by atoms with Crippen LogP contribution in [0.15, 0.2) is 115 Å². The van der Waals surface area contributed by atoms with Gasteiger partial charge >= 0.3 is 0 Å². The zero-order valence-electron chi connectivity index (χ0n) is 19.3. The molecule has 0 unspecified atom stereocenters. The Morgan fingerprint density at radius 1 is 0.417 bits per heavy atom. The van der Waals surface area contributed by atoms with E-state index in [2.05, 4.69) is 109 Å². The lowest BCUT2D eigenvalue weighted by molar-refractivity contribution is 0.795. The Labute approximate surface area is 214 Å². The summed E-state index contributed by atoms with van der Waals surface area (Å²) in [5.41, 5.74) is 15.7. The van der Waals surface area contributed by atoms with Gasteiger partial charge in [0, 0.05) is 5.02 Å². The normalized spacial score (nSPS) is 14.5. The van der Waals surface area contributed by atoms with Crippen molar-refractivity contribution in [3.63, 3.8) is 0 Å². The van der Waals surface area contributed by atoms with Crippen molar-refractivity contribution < 1.29 is 0 Å². The molecular formula is C35H19Cl. The van der Waals surface area contributed by atoms with Gasteiger partial charge in [0.25, 0.3) is 0 Å². The molecule has 9 rings (SSSR count). The first-order chi connectivity index (χ1) is 17.8. The van der Waals surface area contributed by atoms with Crippen molar-refractivity contribution >= 4 is 22.4 Å². The summed E-state index contributed by atoms with van der Waals surface area (Å²) in [6.07, 6.45) is 0. The molecule has 1 heteroatoms. The van der Waals surface area contributed by atoms with Crippen molar-refractivity contribution in [1.82, 2.24) is 0 Å². The van der Waals surface area contributed by atoms with E-state index in [4.69, 9.17) is 11.6 Å². The van der Waals surface area contributed by atoms with Gasteiger partial charge in [-0.2, -0.15) is 0 Å². The predicted molar refractivity (Wildman–Crippen MR) is 150 cm³/mol. The molecular weight excluding hydrogens is 456 g/mol.